The number of hydrogen-bond donors (Lipinski definition) is 2. The first-order valence-electron chi connectivity index (χ1n) is 18.0. The van der Waals surface area contributed by atoms with Gasteiger partial charge in [-0.3, -0.25) is 9.97 Å². The molecule has 6 aromatic rings. The van der Waals surface area contributed by atoms with Gasteiger partial charge in [0.15, 0.2) is 0 Å². The van der Waals surface area contributed by atoms with Crippen molar-refractivity contribution in [1.82, 2.24) is 19.1 Å². The average Bonchev–Trinajstić information content (AvgIpc) is 4.00. The lowest BCUT2D eigenvalue weighted by Crippen LogP contribution is -2.07. The van der Waals surface area contributed by atoms with Crippen molar-refractivity contribution in [3.8, 4) is 0 Å². The van der Waals surface area contributed by atoms with E-state index in [1.165, 1.54) is 29.3 Å². The Morgan fingerprint density at radius 1 is 0.731 bits per heavy atom. The molecule has 8 nitrogen and oxygen atoms in total. The van der Waals surface area contributed by atoms with Crippen molar-refractivity contribution in [3.63, 3.8) is 0 Å². The third-order valence-electron chi connectivity index (χ3n) is 10.5. The summed E-state index contributed by atoms with van der Waals surface area (Å²) in [7, 11) is 4.07. The fraction of sp³-hybridized carbons (Fsp3) is 0.302. The van der Waals surface area contributed by atoms with Gasteiger partial charge in [0, 0.05) is 67.0 Å². The second kappa shape index (κ2) is 13.8. The molecular weight excluding hydrogens is 716 g/mol. The van der Waals surface area contributed by atoms with Crippen molar-refractivity contribution in [1.29, 1.82) is 0 Å². The van der Waals surface area contributed by atoms with E-state index in [4.69, 9.17) is 0 Å². The number of aromatic carboxylic acids is 2. The monoisotopic (exact) mass is 756 g/mol. The van der Waals surface area contributed by atoms with Gasteiger partial charge >= 0.3 is 11.9 Å². The third kappa shape index (κ3) is 7.33. The first-order chi connectivity index (χ1) is 25.1. The van der Waals surface area contributed by atoms with Crippen LogP contribution < -0.4 is 0 Å². The quantitative estimate of drug-likeness (QED) is 0.144. The van der Waals surface area contributed by atoms with E-state index >= 15 is 0 Å². The van der Waals surface area contributed by atoms with Gasteiger partial charge < -0.3 is 19.3 Å². The Kier molecular flexibility index (Phi) is 9.07. The van der Waals surface area contributed by atoms with Crippen LogP contribution in [0.2, 0.25) is 0 Å². The largest absolute Gasteiger partial charge is 0.478 e. The Balaban J connectivity index is 0.000000151. The van der Waals surface area contributed by atoms with E-state index in [-0.39, 0.29) is 0 Å². The number of pyridine rings is 2. The molecule has 4 aromatic heterocycles. The molecule has 0 amide bonds. The molecule has 0 radical (unpaired) electrons. The number of nitrogens with zero attached hydrogens (tertiary/aromatic N) is 4. The molecule has 3 aliphatic carbocycles. The van der Waals surface area contributed by atoms with Gasteiger partial charge in [0.2, 0.25) is 0 Å². The summed E-state index contributed by atoms with van der Waals surface area (Å²) in [5.74, 6) is -0.0762. The number of aryl methyl sites for hydroxylation is 2. The molecule has 2 N–H and O–H groups in total. The second-order valence-corrected chi connectivity index (χ2v) is 15.6. The predicted octanol–water partition coefficient (Wildman–Crippen LogP) is 9.67. The highest BCUT2D eigenvalue weighted by atomic mass is 79.9. The van der Waals surface area contributed by atoms with Gasteiger partial charge in [0.1, 0.15) is 0 Å². The topological polar surface area (TPSA) is 110 Å². The van der Waals surface area contributed by atoms with Crippen LogP contribution in [0.15, 0.2) is 83.9 Å². The van der Waals surface area contributed by atoms with Gasteiger partial charge in [-0.05, 0) is 149 Å². The van der Waals surface area contributed by atoms with Crippen LogP contribution in [-0.2, 0) is 26.9 Å². The normalized spacial score (nSPS) is 15.7. The first-order valence-corrected chi connectivity index (χ1v) is 18.8. The van der Waals surface area contributed by atoms with E-state index in [9.17, 15) is 19.8 Å². The van der Waals surface area contributed by atoms with Crippen molar-refractivity contribution in [2.24, 2.45) is 20.0 Å². The highest BCUT2D eigenvalue weighted by Gasteiger charge is 2.27. The molecule has 0 spiro atoms. The van der Waals surface area contributed by atoms with Crippen molar-refractivity contribution in [3.05, 3.63) is 134 Å². The van der Waals surface area contributed by atoms with Gasteiger partial charge in [0.05, 0.1) is 33.5 Å². The highest BCUT2D eigenvalue weighted by molar-refractivity contribution is 9.10. The zero-order chi connectivity index (χ0) is 36.1. The zero-order valence-electron chi connectivity index (χ0n) is 29.3. The molecule has 0 saturated heterocycles. The summed E-state index contributed by atoms with van der Waals surface area (Å²) in [5.41, 5.74) is 9.74. The highest BCUT2D eigenvalue weighted by Crippen LogP contribution is 2.41. The molecule has 0 atom stereocenters. The van der Waals surface area contributed by atoms with E-state index in [0.29, 0.717) is 53.1 Å². The summed E-state index contributed by atoms with van der Waals surface area (Å²) in [5, 5.41) is 21.6. The first kappa shape index (κ1) is 34.1. The minimum Gasteiger partial charge on any atom is -0.478 e. The fourth-order valence-corrected chi connectivity index (χ4v) is 7.99. The van der Waals surface area contributed by atoms with E-state index in [2.05, 4.69) is 90.8 Å². The molecule has 264 valence electrons. The predicted molar refractivity (Wildman–Crippen MR) is 207 cm³/mol. The molecule has 52 heavy (non-hydrogen) atoms. The van der Waals surface area contributed by atoms with Crippen LogP contribution in [0.25, 0.3) is 27.9 Å². The molecule has 4 heterocycles. The number of rotatable bonds is 10. The Morgan fingerprint density at radius 3 is 1.73 bits per heavy atom. The van der Waals surface area contributed by atoms with Crippen LogP contribution in [0.4, 0.5) is 0 Å². The summed E-state index contributed by atoms with van der Waals surface area (Å²) in [6, 6.07) is 16.3. The van der Waals surface area contributed by atoms with Crippen LogP contribution >= 0.6 is 15.9 Å². The summed E-state index contributed by atoms with van der Waals surface area (Å²) in [6.07, 6.45) is 20.5. The van der Waals surface area contributed by atoms with Crippen molar-refractivity contribution in [2.75, 3.05) is 0 Å². The van der Waals surface area contributed by atoms with E-state index < -0.39 is 11.9 Å². The lowest BCUT2D eigenvalue weighted by Gasteiger charge is -2.10. The van der Waals surface area contributed by atoms with Gasteiger partial charge in [-0.25, -0.2) is 9.59 Å². The molecule has 0 unspecified atom stereocenters. The minimum absolute atomic E-state index is 0.323. The van der Waals surface area contributed by atoms with Crippen LogP contribution in [0.3, 0.4) is 0 Å². The Labute approximate surface area is 311 Å². The number of allylic oxidation sites excluding steroid dienone is 1. The fourth-order valence-electron chi connectivity index (χ4n) is 7.19. The number of carbonyl (C=O) groups is 2. The number of fused-ring (bicyclic) bond motifs is 2. The number of hydrogen-bond acceptors (Lipinski definition) is 4. The van der Waals surface area contributed by atoms with Gasteiger partial charge in [0.25, 0.3) is 0 Å². The molecule has 9 rings (SSSR count). The van der Waals surface area contributed by atoms with Crippen LogP contribution in [-0.4, -0.2) is 41.3 Å². The molecule has 0 aliphatic heterocycles. The summed E-state index contributed by atoms with van der Waals surface area (Å²) >= 11 is 3.62. The van der Waals surface area contributed by atoms with Crippen LogP contribution in [0, 0.1) is 5.92 Å². The number of benzene rings is 2. The lowest BCUT2D eigenvalue weighted by atomic mass is 9.99. The van der Waals surface area contributed by atoms with Crippen LogP contribution in [0.1, 0.15) is 110 Å². The minimum atomic E-state index is -0.903. The van der Waals surface area contributed by atoms with Crippen molar-refractivity contribution >= 4 is 55.8 Å². The Morgan fingerprint density at radius 2 is 1.23 bits per heavy atom. The van der Waals surface area contributed by atoms with Gasteiger partial charge in [-0.2, -0.15) is 0 Å². The summed E-state index contributed by atoms with van der Waals surface area (Å²) in [6.45, 7) is 0. The van der Waals surface area contributed by atoms with E-state index in [1.807, 2.05) is 37.8 Å². The molecule has 3 fully saturated rings. The SMILES string of the molecule is Cn1ccc2cc(Cc3ncc(C4CC4)cc3C(=O)O)cc(/C=C/C3CC3)c21.Cn1ccc2cc(Cc3ncc(C4CC4)cc3C(=O)O)cc(Br)c21. The molecule has 2 aromatic carbocycles. The van der Waals surface area contributed by atoms with Crippen molar-refractivity contribution < 1.29 is 19.8 Å². The van der Waals surface area contributed by atoms with Crippen LogP contribution in [0.5, 0.6) is 0 Å². The summed E-state index contributed by atoms with van der Waals surface area (Å²) < 4.78 is 5.22. The number of halogens is 1. The maximum absolute atomic E-state index is 11.8. The molecule has 0 bridgehead atoms. The molecular formula is C43H41BrN4O4. The number of carboxylic acids is 2. The standard InChI is InChI=1S/C24H24N2O2.C19H17BrN2O2/c1-26-9-8-19-11-16(10-18(23(19)26)5-4-15-2-3-15)12-22-21(24(27)28)13-20(14-25-22)17-6-7-17;1-22-5-4-13-6-11(7-16(20)18(13)22)8-17-15(19(23)24)9-14(10-21-17)12-2-3-12/h4-5,8-11,13-15,17H,2-3,6-7,12H2,1H3,(H,27,28);4-7,9-10,12H,2-3,8H2,1H3,(H,23,24)/b5-4+;. The second-order valence-electron chi connectivity index (χ2n) is 14.7. The third-order valence-corrected chi connectivity index (χ3v) is 11.1. The molecule has 3 aliphatic rings. The van der Waals surface area contributed by atoms with E-state index in [0.717, 1.165) is 63.3 Å². The molecule has 3 saturated carbocycles. The molecule has 9 heteroatoms. The average molecular weight is 758 g/mol. The number of carboxylic acid groups (broad SMARTS) is 2. The lowest BCUT2D eigenvalue weighted by molar-refractivity contribution is 0.0684. The number of aromatic nitrogens is 4. The van der Waals surface area contributed by atoms with E-state index in [1.54, 1.807) is 6.07 Å². The Bertz CT molecular complexity index is 2390. The Hall–Kier alpha value is -5.02. The summed E-state index contributed by atoms with van der Waals surface area (Å²) in [4.78, 5) is 32.5. The zero-order valence-corrected chi connectivity index (χ0v) is 30.9. The van der Waals surface area contributed by atoms with Crippen molar-refractivity contribution in [2.45, 2.75) is 63.2 Å². The van der Waals surface area contributed by atoms with Gasteiger partial charge in [-0.15, -0.1) is 0 Å². The maximum atomic E-state index is 11.8. The van der Waals surface area contributed by atoms with Gasteiger partial charge in [-0.1, -0.05) is 12.2 Å². The smallest absolute Gasteiger partial charge is 0.337 e. The maximum Gasteiger partial charge on any atom is 0.337 e.